The van der Waals surface area contributed by atoms with Crippen molar-refractivity contribution in [2.75, 3.05) is 13.7 Å². The number of hydrogen-bond acceptors (Lipinski definition) is 3. The quantitative estimate of drug-likeness (QED) is 0.254. The molecule has 0 amide bonds. The van der Waals surface area contributed by atoms with Crippen LogP contribution in [0.15, 0.2) is 40.8 Å². The van der Waals surface area contributed by atoms with Crippen molar-refractivity contribution in [3.05, 3.63) is 54.0 Å². The van der Waals surface area contributed by atoms with E-state index in [0.717, 1.165) is 49.2 Å². The fraction of sp³-hybridized carbons (Fsp3) is 0.583. The second-order valence-corrected chi connectivity index (χ2v) is 8.46. The minimum Gasteiger partial charge on any atom is -0.596 e. The van der Waals surface area contributed by atoms with Crippen LogP contribution in [0.2, 0.25) is 0 Å². The topological polar surface area (TPSA) is 31.6 Å². The number of ether oxygens (including phenoxy) is 2. The van der Waals surface area contributed by atoms with Crippen LogP contribution >= 0.6 is 11.6 Å². The molecule has 3 rings (SSSR count). The van der Waals surface area contributed by atoms with E-state index < -0.39 is 6.17 Å². The van der Waals surface area contributed by atoms with Crippen LogP contribution in [-0.2, 0) is 43.9 Å². The van der Waals surface area contributed by atoms with Crippen LogP contribution in [0.1, 0.15) is 56.5 Å². The minimum absolute atomic E-state index is 0. The SMILES string of the molecule is CCCC(OC)c1ccc(OC[C@H]2C(Cl)CC(F)[C@@H]2CCCc2cc[c-]o2)cc1.[Y]. The van der Waals surface area contributed by atoms with E-state index in [2.05, 4.69) is 13.2 Å². The molecule has 2 aromatic rings. The van der Waals surface area contributed by atoms with Crippen molar-refractivity contribution >= 4 is 11.6 Å². The van der Waals surface area contributed by atoms with Crippen molar-refractivity contribution in [2.24, 2.45) is 11.8 Å². The molecule has 1 saturated carbocycles. The summed E-state index contributed by atoms with van der Waals surface area (Å²) in [6, 6.07) is 11.7. The summed E-state index contributed by atoms with van der Waals surface area (Å²) in [7, 11) is 1.74. The average Bonchev–Trinajstić information content (AvgIpc) is 3.33. The van der Waals surface area contributed by atoms with Gasteiger partial charge in [0, 0.05) is 51.1 Å². The maximum absolute atomic E-state index is 14.5. The average molecular weight is 511 g/mol. The molecule has 1 aliphatic rings. The Hall–Kier alpha value is -0.416. The molecular formula is C24H31ClFO3Y-. The van der Waals surface area contributed by atoms with Crippen molar-refractivity contribution in [2.45, 2.75) is 63.1 Å². The molecule has 0 bridgehead atoms. The molecule has 3 unspecified atom stereocenters. The Morgan fingerprint density at radius 3 is 2.63 bits per heavy atom. The Labute approximate surface area is 209 Å². The van der Waals surface area contributed by atoms with Crippen LogP contribution in [0.25, 0.3) is 0 Å². The Morgan fingerprint density at radius 2 is 2.00 bits per heavy atom. The van der Waals surface area contributed by atoms with E-state index in [-0.39, 0.29) is 56.0 Å². The van der Waals surface area contributed by atoms with Gasteiger partial charge in [0.05, 0.1) is 12.7 Å². The van der Waals surface area contributed by atoms with Crippen LogP contribution in [0.5, 0.6) is 5.75 Å². The van der Waals surface area contributed by atoms with E-state index in [9.17, 15) is 4.39 Å². The van der Waals surface area contributed by atoms with Crippen molar-refractivity contribution in [1.82, 2.24) is 0 Å². The second-order valence-electron chi connectivity index (χ2n) is 7.90. The van der Waals surface area contributed by atoms with Gasteiger partial charge in [0.15, 0.2) is 0 Å². The van der Waals surface area contributed by atoms with E-state index in [0.29, 0.717) is 13.0 Å². The van der Waals surface area contributed by atoms with Gasteiger partial charge in [-0.25, -0.2) is 4.39 Å². The third-order valence-corrected chi connectivity index (χ3v) is 6.45. The predicted octanol–water partition coefficient (Wildman–Crippen LogP) is 6.55. The van der Waals surface area contributed by atoms with E-state index in [4.69, 9.17) is 25.5 Å². The summed E-state index contributed by atoms with van der Waals surface area (Å²) in [5.41, 5.74) is 1.15. The predicted molar refractivity (Wildman–Crippen MR) is 113 cm³/mol. The molecule has 0 spiro atoms. The summed E-state index contributed by atoms with van der Waals surface area (Å²) in [5.74, 6) is 1.63. The van der Waals surface area contributed by atoms with Gasteiger partial charge >= 0.3 is 0 Å². The summed E-state index contributed by atoms with van der Waals surface area (Å²) in [5, 5.41) is -0.186. The summed E-state index contributed by atoms with van der Waals surface area (Å²) >= 11 is 6.47. The number of rotatable bonds is 11. The molecule has 30 heavy (non-hydrogen) atoms. The molecule has 163 valence electrons. The Morgan fingerprint density at radius 1 is 1.23 bits per heavy atom. The third-order valence-electron chi connectivity index (χ3n) is 5.95. The Bertz CT molecular complexity index is 710. The van der Waals surface area contributed by atoms with Crippen LogP contribution < -0.4 is 4.74 Å². The summed E-state index contributed by atoms with van der Waals surface area (Å²) < 4.78 is 31.4. The monoisotopic (exact) mass is 510 g/mol. The van der Waals surface area contributed by atoms with Gasteiger partial charge in [-0.2, -0.15) is 6.07 Å². The standard InChI is InChI=1S/C24H31ClFO3.Y/c1-3-6-24(27-2)17-10-12-19(13-11-17)29-16-21-20(23(26)15-22(21)25)9-4-7-18-8-5-14-28-18;/h5,8,10-13,20-24H,3-4,6-7,9,15-16H2,1-2H3;/q-1;/t20-,21-,22?,23?,24?;/m1./s1. The summed E-state index contributed by atoms with van der Waals surface area (Å²) in [4.78, 5) is 0. The number of halogens is 2. The number of hydrogen-bond donors (Lipinski definition) is 0. The maximum atomic E-state index is 14.5. The van der Waals surface area contributed by atoms with Crippen molar-refractivity contribution < 1.29 is 51.0 Å². The Kier molecular flexibility index (Phi) is 11.4. The van der Waals surface area contributed by atoms with Crippen molar-refractivity contribution in [3.8, 4) is 5.75 Å². The smallest absolute Gasteiger partial charge is 0.119 e. The molecule has 1 heterocycles. The molecule has 1 fully saturated rings. The molecule has 0 saturated heterocycles. The van der Waals surface area contributed by atoms with Gasteiger partial charge in [-0.3, -0.25) is 0 Å². The Balaban J connectivity index is 0.00000320. The molecule has 1 aromatic heterocycles. The zero-order valence-corrected chi connectivity index (χ0v) is 21.5. The van der Waals surface area contributed by atoms with Gasteiger partial charge < -0.3 is 13.9 Å². The molecule has 5 atom stereocenters. The van der Waals surface area contributed by atoms with Gasteiger partial charge in [-0.05, 0) is 49.1 Å². The van der Waals surface area contributed by atoms with E-state index in [1.54, 1.807) is 13.2 Å². The number of methoxy groups -OCH3 is 1. The first kappa shape index (κ1) is 25.8. The van der Waals surface area contributed by atoms with Crippen LogP contribution in [0.3, 0.4) is 0 Å². The minimum atomic E-state index is -0.867. The van der Waals surface area contributed by atoms with Crippen molar-refractivity contribution in [3.63, 3.8) is 0 Å². The molecule has 1 aromatic carbocycles. The number of benzene rings is 1. The first-order chi connectivity index (χ1) is 14.1. The summed E-state index contributed by atoms with van der Waals surface area (Å²) in [6.07, 6.45) is 6.85. The van der Waals surface area contributed by atoms with Gasteiger partial charge in [0.1, 0.15) is 11.9 Å². The largest absolute Gasteiger partial charge is 0.596 e. The maximum Gasteiger partial charge on any atom is 0.119 e. The van der Waals surface area contributed by atoms with E-state index in [1.807, 2.05) is 30.3 Å². The summed E-state index contributed by atoms with van der Waals surface area (Å²) in [6.45, 7) is 2.59. The number of alkyl halides is 2. The fourth-order valence-electron chi connectivity index (χ4n) is 4.30. The van der Waals surface area contributed by atoms with Crippen LogP contribution in [0, 0.1) is 18.1 Å². The number of furan rings is 1. The number of aryl methyl sites for hydroxylation is 1. The van der Waals surface area contributed by atoms with Gasteiger partial charge in [-0.15, -0.1) is 17.7 Å². The van der Waals surface area contributed by atoms with E-state index in [1.165, 1.54) is 0 Å². The molecular weight excluding hydrogens is 480 g/mol. The normalized spacial score (nSPS) is 24.4. The molecule has 6 heteroatoms. The molecule has 1 aliphatic carbocycles. The molecule has 3 nitrogen and oxygen atoms in total. The zero-order chi connectivity index (χ0) is 20.6. The van der Waals surface area contributed by atoms with E-state index >= 15 is 0 Å². The fourth-order valence-corrected chi connectivity index (χ4v) is 4.72. The first-order valence-electron chi connectivity index (χ1n) is 10.6. The van der Waals surface area contributed by atoms with Crippen LogP contribution in [0.4, 0.5) is 4.39 Å². The third kappa shape index (κ3) is 7.05. The molecule has 1 radical (unpaired) electrons. The first-order valence-corrected chi connectivity index (χ1v) is 11.0. The van der Waals surface area contributed by atoms with Crippen molar-refractivity contribution in [1.29, 1.82) is 0 Å². The van der Waals surface area contributed by atoms with Gasteiger partial charge in [0.25, 0.3) is 0 Å². The zero-order valence-electron chi connectivity index (χ0n) is 17.9. The molecule has 0 N–H and O–H groups in total. The van der Waals surface area contributed by atoms with Gasteiger partial charge in [0.2, 0.25) is 0 Å². The molecule has 0 aliphatic heterocycles. The van der Waals surface area contributed by atoms with Gasteiger partial charge in [-0.1, -0.05) is 44.1 Å². The second kappa shape index (κ2) is 13.2. The van der Waals surface area contributed by atoms with Crippen LogP contribution in [-0.4, -0.2) is 25.3 Å².